The third-order valence-electron chi connectivity index (χ3n) is 5.46. The van der Waals surface area contributed by atoms with Crippen LogP contribution in [0.1, 0.15) is 10.4 Å². The molecule has 1 aliphatic rings. The molecule has 1 amide bonds. The highest BCUT2D eigenvalue weighted by molar-refractivity contribution is 5.95. The van der Waals surface area contributed by atoms with Crippen molar-refractivity contribution >= 4 is 28.6 Å². The van der Waals surface area contributed by atoms with Gasteiger partial charge in [-0.05, 0) is 30.3 Å². The van der Waals surface area contributed by atoms with Crippen molar-refractivity contribution in [1.29, 1.82) is 0 Å². The largest absolute Gasteiger partial charge is 0.351 e. The number of fused-ring (bicyclic) bond motifs is 1. The molecule has 1 aliphatic heterocycles. The molecular formula is C21H17FN8O3. The van der Waals surface area contributed by atoms with Gasteiger partial charge in [-0.1, -0.05) is 11.3 Å². The first-order valence-corrected chi connectivity index (χ1v) is 10.1. The Labute approximate surface area is 186 Å². The van der Waals surface area contributed by atoms with E-state index < -0.39 is 4.92 Å². The van der Waals surface area contributed by atoms with Crippen LogP contribution < -0.4 is 4.90 Å². The van der Waals surface area contributed by atoms with Crippen molar-refractivity contribution in [2.45, 2.75) is 0 Å². The lowest BCUT2D eigenvalue weighted by atomic mass is 10.1. The summed E-state index contributed by atoms with van der Waals surface area (Å²) in [5.74, 6) is -0.0136. The summed E-state index contributed by atoms with van der Waals surface area (Å²) in [7, 11) is 0. The van der Waals surface area contributed by atoms with E-state index in [1.807, 2.05) is 4.90 Å². The SMILES string of the molecule is O=C(c1cccc([N+](=O)[O-])c1)N1CCN(c2ncnc3c2nnn3-c2ccc(F)cc2)CC1. The molecule has 33 heavy (non-hydrogen) atoms. The van der Waals surface area contributed by atoms with Crippen molar-refractivity contribution in [1.82, 2.24) is 29.9 Å². The van der Waals surface area contributed by atoms with E-state index in [-0.39, 0.29) is 23.0 Å². The first kappa shape index (κ1) is 20.4. The molecule has 0 atom stereocenters. The van der Waals surface area contributed by atoms with Gasteiger partial charge in [-0.25, -0.2) is 14.4 Å². The molecule has 11 nitrogen and oxygen atoms in total. The Morgan fingerprint density at radius 1 is 1.03 bits per heavy atom. The highest BCUT2D eigenvalue weighted by Gasteiger charge is 2.26. The zero-order chi connectivity index (χ0) is 22.9. The van der Waals surface area contributed by atoms with Crippen molar-refractivity contribution in [3.63, 3.8) is 0 Å². The number of nitro groups is 1. The molecule has 0 bridgehead atoms. The number of hydrogen-bond donors (Lipinski definition) is 0. The van der Waals surface area contributed by atoms with Crippen LogP contribution in [0.3, 0.4) is 0 Å². The summed E-state index contributed by atoms with van der Waals surface area (Å²) in [4.78, 5) is 35.6. The van der Waals surface area contributed by atoms with E-state index in [9.17, 15) is 19.3 Å². The minimum atomic E-state index is -0.520. The maximum absolute atomic E-state index is 13.3. The van der Waals surface area contributed by atoms with Crippen LogP contribution in [-0.4, -0.2) is 66.9 Å². The minimum Gasteiger partial charge on any atom is -0.351 e. The molecule has 0 unspecified atom stereocenters. The number of carbonyl (C=O) groups excluding carboxylic acids is 1. The molecule has 0 aliphatic carbocycles. The average Bonchev–Trinajstić information content (AvgIpc) is 3.28. The summed E-state index contributed by atoms with van der Waals surface area (Å²) in [6.07, 6.45) is 1.42. The second-order valence-electron chi connectivity index (χ2n) is 7.43. The summed E-state index contributed by atoms with van der Waals surface area (Å²) in [5, 5.41) is 19.4. The fraction of sp³-hybridized carbons (Fsp3) is 0.190. The standard InChI is InChI=1S/C21H17FN8O3/c22-15-4-6-16(7-5-15)29-20-18(25-26-29)19(23-13-24-20)27-8-10-28(11-9-27)21(31)14-2-1-3-17(12-14)30(32)33/h1-7,12-13H,8-11H2. The number of aromatic nitrogens is 5. The molecule has 1 fully saturated rings. The van der Waals surface area contributed by atoms with Crippen LogP contribution in [0.2, 0.25) is 0 Å². The summed E-state index contributed by atoms with van der Waals surface area (Å²) in [6, 6.07) is 11.6. The predicted octanol–water partition coefficient (Wildman–Crippen LogP) is 2.22. The smallest absolute Gasteiger partial charge is 0.270 e. The third kappa shape index (κ3) is 3.82. The molecule has 0 saturated carbocycles. The summed E-state index contributed by atoms with van der Waals surface area (Å²) in [5.41, 5.74) is 1.77. The normalized spacial score (nSPS) is 14.0. The Hall–Kier alpha value is -4.48. The number of piperazine rings is 1. The molecular weight excluding hydrogens is 431 g/mol. The van der Waals surface area contributed by atoms with Gasteiger partial charge in [-0.3, -0.25) is 14.9 Å². The Bertz CT molecular complexity index is 1350. The van der Waals surface area contributed by atoms with Gasteiger partial charge in [0.25, 0.3) is 11.6 Å². The zero-order valence-corrected chi connectivity index (χ0v) is 17.2. The van der Waals surface area contributed by atoms with Crippen LogP contribution in [0.15, 0.2) is 54.9 Å². The summed E-state index contributed by atoms with van der Waals surface area (Å²) < 4.78 is 14.8. The molecule has 2 aromatic heterocycles. The average molecular weight is 448 g/mol. The number of amides is 1. The monoisotopic (exact) mass is 448 g/mol. The van der Waals surface area contributed by atoms with Gasteiger partial charge in [0.15, 0.2) is 17.0 Å². The Morgan fingerprint density at radius 2 is 1.79 bits per heavy atom. The predicted molar refractivity (Wildman–Crippen MR) is 116 cm³/mol. The summed E-state index contributed by atoms with van der Waals surface area (Å²) >= 11 is 0. The topological polar surface area (TPSA) is 123 Å². The van der Waals surface area contributed by atoms with Gasteiger partial charge in [-0.15, -0.1) is 5.10 Å². The van der Waals surface area contributed by atoms with Crippen LogP contribution in [-0.2, 0) is 0 Å². The molecule has 166 valence electrons. The van der Waals surface area contributed by atoms with E-state index in [1.165, 1.54) is 41.3 Å². The second kappa shape index (κ2) is 8.22. The van der Waals surface area contributed by atoms with Gasteiger partial charge in [0.2, 0.25) is 0 Å². The van der Waals surface area contributed by atoms with Crippen LogP contribution in [0.5, 0.6) is 0 Å². The van der Waals surface area contributed by atoms with Gasteiger partial charge >= 0.3 is 0 Å². The highest BCUT2D eigenvalue weighted by atomic mass is 19.1. The molecule has 3 heterocycles. The van der Waals surface area contributed by atoms with E-state index in [0.29, 0.717) is 48.8 Å². The molecule has 0 radical (unpaired) electrons. The second-order valence-corrected chi connectivity index (χ2v) is 7.43. The number of rotatable bonds is 4. The quantitative estimate of drug-likeness (QED) is 0.344. The van der Waals surface area contributed by atoms with Crippen molar-refractivity contribution in [3.8, 4) is 5.69 Å². The lowest BCUT2D eigenvalue weighted by Crippen LogP contribution is -2.49. The number of halogens is 1. The van der Waals surface area contributed by atoms with Crippen molar-refractivity contribution in [2.24, 2.45) is 0 Å². The van der Waals surface area contributed by atoms with E-state index in [1.54, 1.807) is 23.1 Å². The van der Waals surface area contributed by atoms with Gasteiger partial charge in [0.05, 0.1) is 10.6 Å². The van der Waals surface area contributed by atoms with Crippen molar-refractivity contribution < 1.29 is 14.1 Å². The van der Waals surface area contributed by atoms with Gasteiger partial charge in [0, 0.05) is 43.9 Å². The van der Waals surface area contributed by atoms with Crippen LogP contribution in [0.4, 0.5) is 15.9 Å². The van der Waals surface area contributed by atoms with Gasteiger partial charge in [-0.2, -0.15) is 4.68 Å². The maximum Gasteiger partial charge on any atom is 0.270 e. The number of anilines is 1. The fourth-order valence-electron chi connectivity index (χ4n) is 3.78. The Balaban J connectivity index is 1.34. The molecule has 2 aromatic carbocycles. The van der Waals surface area contributed by atoms with Crippen LogP contribution in [0.25, 0.3) is 16.9 Å². The van der Waals surface area contributed by atoms with Crippen molar-refractivity contribution in [2.75, 3.05) is 31.1 Å². The number of hydrogen-bond acceptors (Lipinski definition) is 8. The minimum absolute atomic E-state index is 0.118. The molecule has 5 rings (SSSR count). The van der Waals surface area contributed by atoms with E-state index >= 15 is 0 Å². The molecule has 0 spiro atoms. The molecule has 4 aromatic rings. The van der Waals surface area contributed by atoms with E-state index in [4.69, 9.17) is 0 Å². The van der Waals surface area contributed by atoms with Crippen molar-refractivity contribution in [3.05, 3.63) is 76.4 Å². The maximum atomic E-state index is 13.3. The number of nitrogens with zero attached hydrogens (tertiary/aromatic N) is 8. The Morgan fingerprint density at radius 3 is 2.52 bits per heavy atom. The number of carbonyl (C=O) groups is 1. The zero-order valence-electron chi connectivity index (χ0n) is 17.2. The molecule has 1 saturated heterocycles. The Kier molecular flexibility index (Phi) is 5.09. The first-order valence-electron chi connectivity index (χ1n) is 10.1. The van der Waals surface area contributed by atoms with E-state index in [2.05, 4.69) is 20.3 Å². The first-order chi connectivity index (χ1) is 16.0. The molecule has 0 N–H and O–H groups in total. The van der Waals surface area contributed by atoms with E-state index in [0.717, 1.165) is 0 Å². The van der Waals surface area contributed by atoms with Crippen LogP contribution in [0, 0.1) is 15.9 Å². The van der Waals surface area contributed by atoms with Gasteiger partial charge in [0.1, 0.15) is 12.1 Å². The highest BCUT2D eigenvalue weighted by Crippen LogP contribution is 2.24. The van der Waals surface area contributed by atoms with Crippen LogP contribution >= 0.6 is 0 Å². The summed E-state index contributed by atoms with van der Waals surface area (Å²) in [6.45, 7) is 1.82. The third-order valence-corrected chi connectivity index (χ3v) is 5.46. The fourth-order valence-corrected chi connectivity index (χ4v) is 3.78. The molecule has 12 heteroatoms. The number of non-ortho nitro benzene ring substituents is 1. The number of benzene rings is 2. The number of nitro benzene ring substituents is 1. The lowest BCUT2D eigenvalue weighted by Gasteiger charge is -2.35. The lowest BCUT2D eigenvalue weighted by molar-refractivity contribution is -0.384. The van der Waals surface area contributed by atoms with Gasteiger partial charge < -0.3 is 9.80 Å².